The van der Waals surface area contributed by atoms with Crippen LogP contribution in [-0.2, 0) is 28.2 Å². The second-order valence-electron chi connectivity index (χ2n) is 12.9. The fourth-order valence-electron chi connectivity index (χ4n) is 5.07. The quantitative estimate of drug-likeness (QED) is 0.0218. The van der Waals surface area contributed by atoms with E-state index in [1.165, 1.54) is 51.4 Å². The zero-order valence-corrected chi connectivity index (χ0v) is 32.4. The van der Waals surface area contributed by atoms with Gasteiger partial charge in [-0.3, -0.25) is 14.1 Å². The molecule has 0 spiro atoms. The van der Waals surface area contributed by atoms with Gasteiger partial charge in [-0.2, -0.15) is 0 Å². The number of carbonyl (C=O) groups excluding carboxylic acids is 2. The van der Waals surface area contributed by atoms with Gasteiger partial charge in [0, 0.05) is 12.8 Å². The molecule has 0 aliphatic heterocycles. The Labute approximate surface area is 305 Å². The second-order valence-corrected chi connectivity index (χ2v) is 14.2. The molecule has 0 aromatic heterocycles. The summed E-state index contributed by atoms with van der Waals surface area (Å²) < 4.78 is 26.3. The van der Waals surface area contributed by atoms with E-state index >= 15 is 0 Å². The van der Waals surface area contributed by atoms with Crippen LogP contribution in [-0.4, -0.2) is 41.0 Å². The maximum absolute atomic E-state index is 12.4. The van der Waals surface area contributed by atoms with E-state index in [4.69, 9.17) is 19.3 Å². The van der Waals surface area contributed by atoms with Crippen LogP contribution >= 0.6 is 7.82 Å². The molecule has 2 N–H and O–H groups in total. The van der Waals surface area contributed by atoms with Crippen LogP contribution in [0.15, 0.2) is 60.8 Å². The summed E-state index contributed by atoms with van der Waals surface area (Å²) in [6.07, 6.45) is 45.0. The van der Waals surface area contributed by atoms with E-state index in [9.17, 15) is 14.2 Å². The third-order valence-electron chi connectivity index (χ3n) is 8.04. The van der Waals surface area contributed by atoms with Crippen molar-refractivity contribution in [3.05, 3.63) is 60.8 Å². The van der Waals surface area contributed by atoms with Crippen molar-refractivity contribution in [2.45, 2.75) is 174 Å². The molecule has 9 heteroatoms. The molecular weight excluding hydrogens is 651 g/mol. The largest absolute Gasteiger partial charge is 0.469 e. The number of rotatable bonds is 35. The lowest BCUT2D eigenvalue weighted by Crippen LogP contribution is -2.29. The van der Waals surface area contributed by atoms with Crippen LogP contribution in [0.1, 0.15) is 168 Å². The molecule has 1 atom stereocenters. The van der Waals surface area contributed by atoms with Crippen LogP contribution in [0.4, 0.5) is 0 Å². The van der Waals surface area contributed by atoms with Crippen LogP contribution in [0.3, 0.4) is 0 Å². The van der Waals surface area contributed by atoms with E-state index in [-0.39, 0.29) is 19.4 Å². The summed E-state index contributed by atoms with van der Waals surface area (Å²) in [6.45, 7) is 3.59. The summed E-state index contributed by atoms with van der Waals surface area (Å²) in [5.41, 5.74) is 0. The van der Waals surface area contributed by atoms with Gasteiger partial charge in [-0.15, -0.1) is 0 Å². The Bertz CT molecular complexity index is 995. The Morgan fingerprint density at radius 3 is 1.50 bits per heavy atom. The highest BCUT2D eigenvalue weighted by atomic mass is 31.2. The maximum Gasteiger partial charge on any atom is 0.469 e. The molecule has 0 aliphatic carbocycles. The summed E-state index contributed by atoms with van der Waals surface area (Å²) in [7, 11) is -4.76. The van der Waals surface area contributed by atoms with Crippen LogP contribution in [0.25, 0.3) is 0 Å². The van der Waals surface area contributed by atoms with Crippen LogP contribution < -0.4 is 0 Å². The van der Waals surface area contributed by atoms with Gasteiger partial charge in [0.15, 0.2) is 6.10 Å². The maximum atomic E-state index is 12.4. The minimum atomic E-state index is -4.76. The van der Waals surface area contributed by atoms with Crippen molar-refractivity contribution >= 4 is 19.8 Å². The number of carbonyl (C=O) groups is 2. The molecule has 0 saturated carbocycles. The normalized spacial score (nSPS) is 13.1. The zero-order chi connectivity index (χ0) is 36.8. The molecule has 0 rings (SSSR count). The first-order valence-electron chi connectivity index (χ1n) is 19.6. The number of hydrogen-bond donors (Lipinski definition) is 2. The van der Waals surface area contributed by atoms with Gasteiger partial charge >= 0.3 is 19.8 Å². The summed E-state index contributed by atoms with van der Waals surface area (Å²) in [4.78, 5) is 42.7. The van der Waals surface area contributed by atoms with Gasteiger partial charge in [0.05, 0.1) is 6.61 Å². The van der Waals surface area contributed by atoms with Crippen molar-refractivity contribution < 1.29 is 37.9 Å². The molecule has 0 bridgehead atoms. The SMILES string of the molecule is CCCCC/C=C/C/C=C/C/C=C/CCCCCCC(=O)O[C@H](COC(=O)CCCCCCC/C=C/C=C/CCCCCC)COP(=O)(O)O. The number of allylic oxidation sites excluding steroid dienone is 10. The molecule has 0 heterocycles. The van der Waals surface area contributed by atoms with E-state index in [1.807, 2.05) is 0 Å². The Morgan fingerprint density at radius 1 is 0.540 bits per heavy atom. The number of phosphoric ester groups is 1. The second kappa shape index (κ2) is 36.5. The summed E-state index contributed by atoms with van der Waals surface area (Å²) in [5, 5.41) is 0. The lowest BCUT2D eigenvalue weighted by molar-refractivity contribution is -0.161. The molecule has 288 valence electrons. The minimum Gasteiger partial charge on any atom is -0.462 e. The monoisotopic (exact) mass is 722 g/mol. The van der Waals surface area contributed by atoms with E-state index in [2.05, 4.69) is 79.1 Å². The molecule has 8 nitrogen and oxygen atoms in total. The number of ether oxygens (including phenoxy) is 2. The Kier molecular flexibility index (Phi) is 34.9. The molecule has 0 amide bonds. The number of unbranched alkanes of at least 4 members (excludes halogenated alkanes) is 16. The third-order valence-corrected chi connectivity index (χ3v) is 8.52. The average molecular weight is 723 g/mol. The van der Waals surface area contributed by atoms with E-state index in [1.54, 1.807) is 0 Å². The molecular formula is C41H71O8P. The lowest BCUT2D eigenvalue weighted by Gasteiger charge is -2.18. The zero-order valence-electron chi connectivity index (χ0n) is 31.5. The van der Waals surface area contributed by atoms with Crippen molar-refractivity contribution in [3.63, 3.8) is 0 Å². The topological polar surface area (TPSA) is 119 Å². The summed E-state index contributed by atoms with van der Waals surface area (Å²) >= 11 is 0. The predicted octanol–water partition coefficient (Wildman–Crippen LogP) is 11.7. The van der Waals surface area contributed by atoms with Crippen molar-refractivity contribution in [1.82, 2.24) is 0 Å². The van der Waals surface area contributed by atoms with Crippen molar-refractivity contribution in [2.75, 3.05) is 13.2 Å². The first-order valence-corrected chi connectivity index (χ1v) is 21.1. The van der Waals surface area contributed by atoms with Gasteiger partial charge in [-0.05, 0) is 77.0 Å². The minimum absolute atomic E-state index is 0.180. The fraction of sp³-hybridized carbons (Fsp3) is 0.707. The van der Waals surface area contributed by atoms with Crippen LogP contribution in [0.2, 0.25) is 0 Å². The summed E-state index contributed by atoms with van der Waals surface area (Å²) in [6, 6.07) is 0. The third kappa shape index (κ3) is 38.6. The molecule has 0 aromatic rings. The van der Waals surface area contributed by atoms with Crippen molar-refractivity contribution in [1.29, 1.82) is 0 Å². The van der Waals surface area contributed by atoms with Gasteiger partial charge < -0.3 is 19.3 Å². The fourth-order valence-corrected chi connectivity index (χ4v) is 5.44. The predicted molar refractivity (Wildman–Crippen MR) is 207 cm³/mol. The van der Waals surface area contributed by atoms with Crippen molar-refractivity contribution in [3.8, 4) is 0 Å². The van der Waals surface area contributed by atoms with Crippen LogP contribution in [0.5, 0.6) is 0 Å². The van der Waals surface area contributed by atoms with Gasteiger partial charge in [-0.1, -0.05) is 139 Å². The first kappa shape index (κ1) is 47.8. The number of phosphoric acid groups is 1. The Hall–Kier alpha value is -2.25. The molecule has 0 radical (unpaired) electrons. The van der Waals surface area contributed by atoms with Crippen LogP contribution in [0, 0.1) is 0 Å². The molecule has 50 heavy (non-hydrogen) atoms. The van der Waals surface area contributed by atoms with E-state index < -0.39 is 32.5 Å². The Balaban J connectivity index is 4.05. The van der Waals surface area contributed by atoms with Crippen molar-refractivity contribution in [2.24, 2.45) is 0 Å². The average Bonchev–Trinajstić information content (AvgIpc) is 3.08. The van der Waals surface area contributed by atoms with E-state index in [0.29, 0.717) is 12.8 Å². The van der Waals surface area contributed by atoms with Gasteiger partial charge in [0.2, 0.25) is 0 Å². The highest BCUT2D eigenvalue weighted by molar-refractivity contribution is 7.46. The van der Waals surface area contributed by atoms with E-state index in [0.717, 1.165) is 77.0 Å². The standard InChI is InChI=1S/C41H71O8P/c1-3-5-7-9-11-13-15-17-19-20-22-24-26-28-30-32-34-36-41(43)49-39(38-48-50(44,45)46)37-47-40(42)35-33-31-29-27-25-23-21-18-16-14-12-10-8-6-4-2/h11,13-14,16-19,21-22,24,39H,3-10,12,15,20,23,25-38H2,1-2H3,(H2,44,45,46)/b13-11+,16-14+,19-17+,21-18+,24-22+/t39-/m1/s1. The highest BCUT2D eigenvalue weighted by Gasteiger charge is 2.22. The molecule has 0 fully saturated rings. The summed E-state index contributed by atoms with van der Waals surface area (Å²) in [5.74, 6) is -0.932. The molecule has 0 saturated heterocycles. The smallest absolute Gasteiger partial charge is 0.462 e. The Morgan fingerprint density at radius 2 is 0.960 bits per heavy atom. The molecule has 0 unspecified atom stereocenters. The lowest BCUT2D eigenvalue weighted by atomic mass is 10.1. The van der Waals surface area contributed by atoms with Gasteiger partial charge in [0.1, 0.15) is 6.61 Å². The first-order chi connectivity index (χ1) is 24.3. The molecule has 0 aromatic carbocycles. The highest BCUT2D eigenvalue weighted by Crippen LogP contribution is 2.36. The number of hydrogen-bond acceptors (Lipinski definition) is 6. The van der Waals surface area contributed by atoms with Gasteiger partial charge in [0.25, 0.3) is 0 Å². The van der Waals surface area contributed by atoms with Gasteiger partial charge in [-0.25, -0.2) is 4.57 Å². The molecule has 0 aliphatic rings. The number of esters is 2.